The third-order valence-electron chi connectivity index (χ3n) is 3.93. The van der Waals surface area contributed by atoms with Crippen LogP contribution in [0.1, 0.15) is 12.8 Å². The van der Waals surface area contributed by atoms with E-state index in [2.05, 4.69) is 5.32 Å². The average molecular weight is 355 g/mol. The van der Waals surface area contributed by atoms with Crippen LogP contribution >= 0.6 is 0 Å². The molecule has 2 amide bonds. The van der Waals surface area contributed by atoms with E-state index in [1.54, 1.807) is 23.1 Å². The highest BCUT2D eigenvalue weighted by Crippen LogP contribution is 2.25. The van der Waals surface area contributed by atoms with Crippen molar-refractivity contribution in [2.24, 2.45) is 0 Å². The predicted molar refractivity (Wildman–Crippen MR) is 95.3 cm³/mol. The molecule has 1 N–H and O–H groups in total. The van der Waals surface area contributed by atoms with Crippen LogP contribution in [0, 0.1) is 10.1 Å². The van der Waals surface area contributed by atoms with Crippen LogP contribution in [-0.2, 0) is 9.59 Å². The topological polar surface area (TPSA) is 102 Å². The number of nitro benzene ring substituents is 1. The first kappa shape index (κ1) is 17.4. The zero-order valence-corrected chi connectivity index (χ0v) is 13.9. The summed E-state index contributed by atoms with van der Waals surface area (Å²) in [6, 6.07) is 12.6. The molecule has 26 heavy (non-hydrogen) atoms. The Balaban J connectivity index is 1.56. The smallest absolute Gasteiger partial charge is 0.269 e. The second kappa shape index (κ2) is 7.64. The number of nitrogens with zero attached hydrogens (tertiary/aromatic N) is 2. The van der Waals surface area contributed by atoms with Crippen LogP contribution < -0.4 is 15.0 Å². The van der Waals surface area contributed by atoms with Crippen molar-refractivity contribution in [3.8, 4) is 5.75 Å². The van der Waals surface area contributed by atoms with Crippen LogP contribution in [0.25, 0.3) is 0 Å². The molecule has 0 atom stereocenters. The Morgan fingerprint density at radius 1 is 1.23 bits per heavy atom. The molecule has 1 saturated heterocycles. The molecule has 8 heteroatoms. The van der Waals surface area contributed by atoms with Crippen molar-refractivity contribution in [2.75, 3.05) is 23.4 Å². The number of nitro groups is 1. The van der Waals surface area contributed by atoms with Crippen LogP contribution in [0.3, 0.4) is 0 Å². The van der Waals surface area contributed by atoms with Gasteiger partial charge in [-0.25, -0.2) is 0 Å². The lowest BCUT2D eigenvalue weighted by molar-refractivity contribution is -0.384. The standard InChI is InChI=1S/C18H17N3O5/c22-17(19-13-6-8-14(9-7-13)21(24)25)12-26-16-4-1-3-15(11-16)20-10-2-5-18(20)23/h1,3-4,6-9,11H,2,5,10,12H2,(H,19,22). The maximum Gasteiger partial charge on any atom is 0.269 e. The Morgan fingerprint density at radius 3 is 2.65 bits per heavy atom. The molecule has 2 aromatic rings. The SMILES string of the molecule is O=C(COc1cccc(N2CCCC2=O)c1)Nc1ccc([N+](=O)[O-])cc1. The van der Waals surface area contributed by atoms with Gasteiger partial charge in [0.05, 0.1) is 4.92 Å². The summed E-state index contributed by atoms with van der Waals surface area (Å²) in [5.74, 6) is 0.181. The first-order valence-electron chi connectivity index (χ1n) is 8.10. The molecule has 2 aromatic carbocycles. The van der Waals surface area contributed by atoms with Crippen molar-refractivity contribution in [1.82, 2.24) is 0 Å². The Labute approximate surface area is 149 Å². The monoisotopic (exact) mass is 355 g/mol. The summed E-state index contributed by atoms with van der Waals surface area (Å²) < 4.78 is 5.48. The summed E-state index contributed by atoms with van der Waals surface area (Å²) in [6.45, 7) is 0.470. The molecular formula is C18H17N3O5. The van der Waals surface area contributed by atoms with Gasteiger partial charge in [0.15, 0.2) is 6.61 Å². The molecule has 0 bridgehead atoms. The summed E-state index contributed by atoms with van der Waals surface area (Å²) in [4.78, 5) is 35.6. The number of nitrogens with one attached hydrogen (secondary N) is 1. The summed E-state index contributed by atoms with van der Waals surface area (Å²) in [5.41, 5.74) is 1.15. The Hall–Kier alpha value is -3.42. The van der Waals surface area contributed by atoms with Gasteiger partial charge in [0, 0.05) is 42.5 Å². The van der Waals surface area contributed by atoms with E-state index in [0.717, 1.165) is 12.1 Å². The van der Waals surface area contributed by atoms with Crippen LogP contribution in [0.15, 0.2) is 48.5 Å². The van der Waals surface area contributed by atoms with Crippen molar-refractivity contribution in [3.05, 3.63) is 58.6 Å². The molecule has 1 fully saturated rings. The molecular weight excluding hydrogens is 338 g/mol. The lowest BCUT2D eigenvalue weighted by Crippen LogP contribution is -2.24. The van der Waals surface area contributed by atoms with E-state index in [1.165, 1.54) is 24.3 Å². The highest BCUT2D eigenvalue weighted by molar-refractivity contribution is 5.95. The molecule has 0 saturated carbocycles. The fourth-order valence-corrected chi connectivity index (χ4v) is 2.67. The fraction of sp³-hybridized carbons (Fsp3) is 0.222. The highest BCUT2D eigenvalue weighted by Gasteiger charge is 2.21. The fourth-order valence-electron chi connectivity index (χ4n) is 2.67. The van der Waals surface area contributed by atoms with Crippen LogP contribution in [0.4, 0.5) is 17.1 Å². The van der Waals surface area contributed by atoms with Crippen LogP contribution in [0.2, 0.25) is 0 Å². The molecule has 8 nitrogen and oxygen atoms in total. The van der Waals surface area contributed by atoms with Gasteiger partial charge in [-0.15, -0.1) is 0 Å². The van der Waals surface area contributed by atoms with Crippen molar-refractivity contribution >= 4 is 28.9 Å². The first-order valence-corrected chi connectivity index (χ1v) is 8.10. The number of rotatable bonds is 6. The Bertz CT molecular complexity index is 835. The second-order valence-electron chi connectivity index (χ2n) is 5.79. The molecule has 0 unspecified atom stereocenters. The molecule has 134 valence electrons. The average Bonchev–Trinajstić information content (AvgIpc) is 3.07. The van der Waals surface area contributed by atoms with E-state index in [4.69, 9.17) is 4.74 Å². The second-order valence-corrected chi connectivity index (χ2v) is 5.79. The minimum Gasteiger partial charge on any atom is -0.484 e. The van der Waals surface area contributed by atoms with Gasteiger partial charge in [-0.05, 0) is 30.7 Å². The van der Waals surface area contributed by atoms with E-state index in [1.807, 2.05) is 6.07 Å². The summed E-state index contributed by atoms with van der Waals surface area (Å²) in [5, 5.41) is 13.2. The van der Waals surface area contributed by atoms with E-state index in [0.29, 0.717) is 24.4 Å². The molecule has 1 aliphatic heterocycles. The number of carbonyl (C=O) groups is 2. The molecule has 0 aromatic heterocycles. The third-order valence-corrected chi connectivity index (χ3v) is 3.93. The molecule has 3 rings (SSSR count). The lowest BCUT2D eigenvalue weighted by atomic mass is 10.2. The van der Waals surface area contributed by atoms with Gasteiger partial charge in [-0.2, -0.15) is 0 Å². The maximum atomic E-state index is 12.0. The zero-order chi connectivity index (χ0) is 18.5. The number of ether oxygens (including phenoxy) is 1. The molecule has 0 aliphatic carbocycles. The maximum absolute atomic E-state index is 12.0. The number of carbonyl (C=O) groups excluding carboxylic acids is 2. The van der Waals surface area contributed by atoms with Gasteiger partial charge in [-0.1, -0.05) is 6.07 Å². The number of benzene rings is 2. The quantitative estimate of drug-likeness (QED) is 0.634. The summed E-state index contributed by atoms with van der Waals surface area (Å²) >= 11 is 0. The molecule has 0 spiro atoms. The van der Waals surface area contributed by atoms with Gasteiger partial charge in [0.25, 0.3) is 11.6 Å². The van der Waals surface area contributed by atoms with Crippen molar-refractivity contribution in [2.45, 2.75) is 12.8 Å². The minimum absolute atomic E-state index is 0.0486. The van der Waals surface area contributed by atoms with Crippen molar-refractivity contribution < 1.29 is 19.2 Å². The number of amides is 2. The zero-order valence-electron chi connectivity index (χ0n) is 13.9. The minimum atomic E-state index is -0.507. The third kappa shape index (κ3) is 4.15. The van der Waals surface area contributed by atoms with E-state index in [9.17, 15) is 19.7 Å². The van der Waals surface area contributed by atoms with Gasteiger partial charge in [-0.3, -0.25) is 19.7 Å². The van der Waals surface area contributed by atoms with Gasteiger partial charge >= 0.3 is 0 Å². The summed E-state index contributed by atoms with van der Waals surface area (Å²) in [6.07, 6.45) is 1.38. The predicted octanol–water partition coefficient (Wildman–Crippen LogP) is 2.74. The van der Waals surface area contributed by atoms with Gasteiger partial charge in [0.2, 0.25) is 5.91 Å². The van der Waals surface area contributed by atoms with E-state index < -0.39 is 4.92 Å². The number of hydrogen-bond donors (Lipinski definition) is 1. The van der Waals surface area contributed by atoms with E-state index >= 15 is 0 Å². The Morgan fingerprint density at radius 2 is 2.00 bits per heavy atom. The van der Waals surface area contributed by atoms with Crippen molar-refractivity contribution in [1.29, 1.82) is 0 Å². The van der Waals surface area contributed by atoms with Crippen LogP contribution in [0.5, 0.6) is 5.75 Å². The highest BCUT2D eigenvalue weighted by atomic mass is 16.6. The normalized spacial score (nSPS) is 13.5. The van der Waals surface area contributed by atoms with Crippen LogP contribution in [-0.4, -0.2) is 29.9 Å². The largest absolute Gasteiger partial charge is 0.484 e. The number of anilines is 2. The summed E-state index contributed by atoms with van der Waals surface area (Å²) in [7, 11) is 0. The lowest BCUT2D eigenvalue weighted by Gasteiger charge is -2.16. The Kier molecular flexibility index (Phi) is 5.12. The van der Waals surface area contributed by atoms with Crippen molar-refractivity contribution in [3.63, 3.8) is 0 Å². The van der Waals surface area contributed by atoms with Gasteiger partial charge in [0.1, 0.15) is 5.75 Å². The molecule has 1 heterocycles. The molecule has 0 radical (unpaired) electrons. The number of non-ortho nitro benzene ring substituents is 1. The first-order chi connectivity index (χ1) is 12.5. The van der Waals surface area contributed by atoms with E-state index in [-0.39, 0.29) is 24.1 Å². The molecule has 1 aliphatic rings. The van der Waals surface area contributed by atoms with Gasteiger partial charge < -0.3 is 15.0 Å². The number of hydrogen-bond acceptors (Lipinski definition) is 5.